The minimum atomic E-state index is -0.115. The van der Waals surface area contributed by atoms with Crippen molar-refractivity contribution in [3.05, 3.63) is 49.2 Å². The van der Waals surface area contributed by atoms with Gasteiger partial charge in [-0.2, -0.15) is 5.10 Å². The van der Waals surface area contributed by atoms with Gasteiger partial charge in [-0.1, -0.05) is 13.8 Å². The van der Waals surface area contributed by atoms with Gasteiger partial charge < -0.3 is 10.3 Å². The van der Waals surface area contributed by atoms with E-state index < -0.39 is 0 Å². The van der Waals surface area contributed by atoms with Gasteiger partial charge in [-0.15, -0.1) is 0 Å². The number of nitrogens with one attached hydrogen (secondary N) is 3. The number of anilines is 1. The van der Waals surface area contributed by atoms with E-state index in [1.54, 1.807) is 31.0 Å². The van der Waals surface area contributed by atoms with Crippen LogP contribution in [0.25, 0.3) is 44.7 Å². The fraction of sp³-hybridized carbons (Fsp3) is 0.143. The van der Waals surface area contributed by atoms with E-state index in [0.29, 0.717) is 17.2 Å². The third-order valence-electron chi connectivity index (χ3n) is 4.78. The molecule has 0 aliphatic rings. The largest absolute Gasteiger partial charge is 0.336 e. The maximum absolute atomic E-state index is 12.0. The maximum Gasteiger partial charge on any atom is 0.226 e. The van der Waals surface area contributed by atoms with Crippen LogP contribution in [0.2, 0.25) is 0 Å². The molecule has 5 aromatic rings. The number of imidazole rings is 1. The smallest absolute Gasteiger partial charge is 0.226 e. The van der Waals surface area contributed by atoms with Crippen LogP contribution in [0.15, 0.2) is 49.2 Å². The summed E-state index contributed by atoms with van der Waals surface area (Å²) in [5, 5.41) is 11.2. The van der Waals surface area contributed by atoms with Gasteiger partial charge in [0.1, 0.15) is 11.2 Å². The number of aromatic nitrogens is 7. The summed E-state index contributed by atoms with van der Waals surface area (Å²) in [7, 11) is 0. The van der Waals surface area contributed by atoms with Gasteiger partial charge in [0.2, 0.25) is 5.91 Å². The van der Waals surface area contributed by atoms with Gasteiger partial charge >= 0.3 is 0 Å². The average Bonchev–Trinajstić information content (AvgIpc) is 3.37. The lowest BCUT2D eigenvalue weighted by atomic mass is 10.1. The lowest BCUT2D eigenvalue weighted by Gasteiger charge is -2.08. The first-order valence-corrected chi connectivity index (χ1v) is 9.49. The van der Waals surface area contributed by atoms with Gasteiger partial charge in [0, 0.05) is 29.3 Å². The maximum atomic E-state index is 12.0. The number of hydrogen-bond donors (Lipinski definition) is 3. The number of H-pyrrole nitrogens is 2. The Morgan fingerprint density at radius 3 is 2.80 bits per heavy atom. The molecule has 5 heterocycles. The average molecular weight is 398 g/mol. The summed E-state index contributed by atoms with van der Waals surface area (Å²) in [5.41, 5.74) is 5.30. The van der Waals surface area contributed by atoms with Crippen molar-refractivity contribution in [1.82, 2.24) is 35.1 Å². The van der Waals surface area contributed by atoms with E-state index in [9.17, 15) is 4.79 Å². The van der Waals surface area contributed by atoms with Crippen molar-refractivity contribution in [2.45, 2.75) is 13.8 Å². The molecule has 0 aliphatic heterocycles. The molecule has 0 fully saturated rings. The van der Waals surface area contributed by atoms with E-state index in [2.05, 4.69) is 40.4 Å². The Morgan fingerprint density at radius 2 is 1.97 bits per heavy atom. The van der Waals surface area contributed by atoms with Crippen LogP contribution in [0, 0.1) is 5.92 Å². The summed E-state index contributed by atoms with van der Waals surface area (Å²) >= 11 is 0. The van der Waals surface area contributed by atoms with E-state index in [0.717, 1.165) is 33.2 Å². The molecule has 0 saturated carbocycles. The number of aromatic amines is 2. The number of rotatable bonds is 4. The van der Waals surface area contributed by atoms with Gasteiger partial charge in [0.05, 0.1) is 41.0 Å². The van der Waals surface area contributed by atoms with E-state index in [4.69, 9.17) is 0 Å². The van der Waals surface area contributed by atoms with Gasteiger partial charge in [-0.25, -0.2) is 4.98 Å². The fourth-order valence-electron chi connectivity index (χ4n) is 3.16. The number of hydrogen-bond acceptors (Lipinski definition) is 6. The SMILES string of the molecule is CC(C)C(=O)Nc1cncc(-c2cc3c(-c4nc5cnccc5[nH]4)n[nH]c3cn2)c1. The summed E-state index contributed by atoms with van der Waals surface area (Å²) in [6, 6.07) is 5.66. The summed E-state index contributed by atoms with van der Waals surface area (Å²) in [5.74, 6) is 0.474. The molecule has 0 radical (unpaired) electrons. The number of fused-ring (bicyclic) bond motifs is 2. The van der Waals surface area contributed by atoms with Crippen LogP contribution in [0.5, 0.6) is 0 Å². The highest BCUT2D eigenvalue weighted by Gasteiger charge is 2.15. The van der Waals surface area contributed by atoms with E-state index in [1.807, 2.05) is 32.0 Å². The molecule has 148 valence electrons. The van der Waals surface area contributed by atoms with Gasteiger partial charge in [-0.05, 0) is 18.2 Å². The summed E-state index contributed by atoms with van der Waals surface area (Å²) in [4.78, 5) is 32.7. The summed E-state index contributed by atoms with van der Waals surface area (Å²) in [6.45, 7) is 3.69. The van der Waals surface area contributed by atoms with E-state index >= 15 is 0 Å². The molecule has 0 atom stereocenters. The molecule has 0 unspecified atom stereocenters. The highest BCUT2D eigenvalue weighted by molar-refractivity contribution is 5.95. The van der Waals surface area contributed by atoms with Gasteiger partial charge in [0.25, 0.3) is 0 Å². The first-order chi connectivity index (χ1) is 14.6. The molecule has 0 saturated heterocycles. The van der Waals surface area contributed by atoms with Crippen molar-refractivity contribution >= 4 is 33.5 Å². The Morgan fingerprint density at radius 1 is 1.07 bits per heavy atom. The van der Waals surface area contributed by atoms with Gasteiger partial charge in [0.15, 0.2) is 5.82 Å². The fourth-order valence-corrected chi connectivity index (χ4v) is 3.16. The summed E-state index contributed by atoms with van der Waals surface area (Å²) in [6.07, 6.45) is 8.48. The number of amides is 1. The molecule has 1 amide bonds. The molecular formula is C21H18N8O. The number of nitrogens with zero attached hydrogens (tertiary/aromatic N) is 5. The zero-order valence-corrected chi connectivity index (χ0v) is 16.3. The monoisotopic (exact) mass is 398 g/mol. The standard InChI is InChI=1S/C21H18N8O/c1-11(2)21(30)25-13-5-12(7-23-8-13)16-6-14-17(10-24-16)28-29-19(14)20-26-15-3-4-22-9-18(15)27-20/h3-11H,1-2H3,(H,25,30)(H,26,27)(H,28,29). The van der Waals surface area contributed by atoms with Crippen LogP contribution in [-0.4, -0.2) is 41.0 Å². The van der Waals surface area contributed by atoms with Crippen molar-refractivity contribution in [1.29, 1.82) is 0 Å². The second kappa shape index (κ2) is 7.03. The predicted octanol–water partition coefficient (Wildman–Crippen LogP) is 3.55. The molecular weight excluding hydrogens is 380 g/mol. The summed E-state index contributed by atoms with van der Waals surface area (Å²) < 4.78 is 0. The first-order valence-electron chi connectivity index (χ1n) is 9.49. The molecule has 0 aromatic carbocycles. The highest BCUT2D eigenvalue weighted by atomic mass is 16.1. The van der Waals surface area contributed by atoms with E-state index in [1.165, 1.54) is 0 Å². The van der Waals surface area contributed by atoms with Crippen molar-refractivity contribution in [2.75, 3.05) is 5.32 Å². The van der Waals surface area contributed by atoms with Crippen LogP contribution < -0.4 is 5.32 Å². The zero-order valence-electron chi connectivity index (χ0n) is 16.3. The quantitative estimate of drug-likeness (QED) is 0.425. The Balaban J connectivity index is 1.55. The van der Waals surface area contributed by atoms with Crippen LogP contribution in [0.3, 0.4) is 0 Å². The third-order valence-corrected chi connectivity index (χ3v) is 4.78. The lowest BCUT2D eigenvalue weighted by Crippen LogP contribution is -2.17. The first kappa shape index (κ1) is 17.9. The molecule has 0 aliphatic carbocycles. The minimum absolute atomic E-state index is 0.0612. The number of pyridine rings is 3. The normalized spacial score (nSPS) is 11.4. The number of carbonyl (C=O) groups excluding carboxylic acids is 1. The van der Waals surface area contributed by atoms with Crippen LogP contribution >= 0.6 is 0 Å². The molecule has 30 heavy (non-hydrogen) atoms. The van der Waals surface area contributed by atoms with Crippen LogP contribution in [-0.2, 0) is 4.79 Å². The van der Waals surface area contributed by atoms with Crippen molar-refractivity contribution in [3.8, 4) is 22.8 Å². The topological polar surface area (TPSA) is 125 Å². The molecule has 3 N–H and O–H groups in total. The highest BCUT2D eigenvalue weighted by Crippen LogP contribution is 2.29. The van der Waals surface area contributed by atoms with Crippen molar-refractivity contribution < 1.29 is 4.79 Å². The second-order valence-corrected chi connectivity index (χ2v) is 7.27. The molecule has 0 bridgehead atoms. The van der Waals surface area contributed by atoms with E-state index in [-0.39, 0.29) is 11.8 Å². The Hall–Kier alpha value is -4.14. The van der Waals surface area contributed by atoms with Gasteiger partial charge in [-0.3, -0.25) is 24.8 Å². The Bertz CT molecular complexity index is 1350. The van der Waals surface area contributed by atoms with Crippen molar-refractivity contribution in [3.63, 3.8) is 0 Å². The minimum Gasteiger partial charge on any atom is -0.336 e. The predicted molar refractivity (Wildman–Crippen MR) is 113 cm³/mol. The molecule has 9 heteroatoms. The van der Waals surface area contributed by atoms with Crippen LogP contribution in [0.4, 0.5) is 5.69 Å². The zero-order chi connectivity index (χ0) is 20.7. The van der Waals surface area contributed by atoms with Crippen LogP contribution in [0.1, 0.15) is 13.8 Å². The Kier molecular flexibility index (Phi) is 4.20. The molecule has 0 spiro atoms. The Labute approximate surface area is 171 Å². The molecule has 5 rings (SSSR count). The second-order valence-electron chi connectivity index (χ2n) is 7.27. The molecule has 5 aromatic heterocycles. The number of carbonyl (C=O) groups is 1. The third kappa shape index (κ3) is 3.16. The molecule has 9 nitrogen and oxygen atoms in total. The van der Waals surface area contributed by atoms with Crippen molar-refractivity contribution in [2.24, 2.45) is 5.92 Å². The lowest BCUT2D eigenvalue weighted by molar-refractivity contribution is -0.118.